The number of carboxylic acids is 1. The van der Waals surface area contributed by atoms with Crippen molar-refractivity contribution < 1.29 is 19.4 Å². The molecule has 0 unspecified atom stereocenters. The Morgan fingerprint density at radius 2 is 1.94 bits per heavy atom. The fourth-order valence-electron chi connectivity index (χ4n) is 1.92. The number of carbonyl (C=O) groups excluding carboxylic acids is 1. The molecule has 98 valence electrons. The summed E-state index contributed by atoms with van der Waals surface area (Å²) in [6, 6.07) is 0. The number of hydrogen-bond acceptors (Lipinski definition) is 3. The van der Waals surface area contributed by atoms with Crippen LogP contribution in [0.5, 0.6) is 0 Å². The van der Waals surface area contributed by atoms with Crippen molar-refractivity contribution >= 4 is 11.9 Å². The van der Waals surface area contributed by atoms with Crippen LogP contribution in [-0.2, 0) is 14.3 Å². The number of aliphatic carboxylic acids is 1. The molecule has 1 aliphatic rings. The van der Waals surface area contributed by atoms with Crippen LogP contribution in [0, 0.1) is 5.92 Å². The third-order valence-electron chi connectivity index (χ3n) is 2.74. The second-order valence-corrected chi connectivity index (χ2v) is 4.21. The molecule has 4 nitrogen and oxygen atoms in total. The third-order valence-corrected chi connectivity index (χ3v) is 2.74. The lowest BCUT2D eigenvalue weighted by Crippen LogP contribution is -2.08. The molecule has 0 bridgehead atoms. The van der Waals surface area contributed by atoms with Crippen LogP contribution in [0.4, 0.5) is 0 Å². The summed E-state index contributed by atoms with van der Waals surface area (Å²) in [6.45, 7) is 4.48. The van der Waals surface area contributed by atoms with Gasteiger partial charge in [-0.25, -0.2) is 0 Å². The van der Waals surface area contributed by atoms with Gasteiger partial charge in [0.2, 0.25) is 0 Å². The molecular weight excluding hydrogens is 220 g/mol. The average molecular weight is 242 g/mol. The summed E-state index contributed by atoms with van der Waals surface area (Å²) in [6.07, 6.45) is 8.85. The zero-order chi connectivity index (χ0) is 13.1. The Hall–Kier alpha value is -1.32. The lowest BCUT2D eigenvalue weighted by Gasteiger charge is -2.20. The molecule has 0 radical (unpaired) electrons. The summed E-state index contributed by atoms with van der Waals surface area (Å²) >= 11 is 0. The number of esters is 1. The Bertz CT molecular complexity index is 242. The van der Waals surface area contributed by atoms with Gasteiger partial charge >= 0.3 is 11.9 Å². The standard InChI is InChI=1S/C9H16O2.C4H6O2/c10-9(11)7-6-8-4-2-1-3-5-8;1-3-6-4(2)5/h8H,1-7H2,(H,10,11);3H,1H2,2H3. The Morgan fingerprint density at radius 3 is 2.29 bits per heavy atom. The summed E-state index contributed by atoms with van der Waals surface area (Å²) in [5.74, 6) is -0.263. The molecule has 1 rings (SSSR count). The van der Waals surface area contributed by atoms with Crippen LogP contribution in [0.1, 0.15) is 51.9 Å². The van der Waals surface area contributed by atoms with Gasteiger partial charge in [-0.2, -0.15) is 0 Å². The van der Waals surface area contributed by atoms with Crippen LogP contribution in [0.3, 0.4) is 0 Å². The summed E-state index contributed by atoms with van der Waals surface area (Å²) in [5.41, 5.74) is 0. The normalized spacial score (nSPS) is 15.4. The first-order valence-electron chi connectivity index (χ1n) is 6.06. The van der Waals surface area contributed by atoms with Crippen molar-refractivity contribution in [2.24, 2.45) is 5.92 Å². The number of carbonyl (C=O) groups is 2. The highest BCUT2D eigenvalue weighted by Crippen LogP contribution is 2.26. The van der Waals surface area contributed by atoms with E-state index in [9.17, 15) is 9.59 Å². The summed E-state index contributed by atoms with van der Waals surface area (Å²) in [4.78, 5) is 20.0. The molecule has 0 atom stereocenters. The minimum absolute atomic E-state index is 0.329. The number of carboxylic acid groups (broad SMARTS) is 1. The number of hydrogen-bond donors (Lipinski definition) is 1. The highest BCUT2D eigenvalue weighted by Gasteiger charge is 2.13. The van der Waals surface area contributed by atoms with Crippen molar-refractivity contribution in [1.82, 2.24) is 0 Å². The molecule has 0 saturated heterocycles. The minimum Gasteiger partial charge on any atom is -0.481 e. The van der Waals surface area contributed by atoms with E-state index in [1.807, 2.05) is 0 Å². The van der Waals surface area contributed by atoms with Crippen molar-refractivity contribution in [2.75, 3.05) is 0 Å². The largest absolute Gasteiger partial charge is 0.481 e. The topological polar surface area (TPSA) is 63.6 Å². The van der Waals surface area contributed by atoms with Gasteiger partial charge in [0.15, 0.2) is 0 Å². The summed E-state index contributed by atoms with van der Waals surface area (Å²) in [7, 11) is 0. The molecule has 1 N–H and O–H groups in total. The molecule has 0 aromatic rings. The second-order valence-electron chi connectivity index (χ2n) is 4.21. The molecule has 1 fully saturated rings. The average Bonchev–Trinajstić information content (AvgIpc) is 2.28. The first-order chi connectivity index (χ1) is 8.06. The van der Waals surface area contributed by atoms with E-state index in [0.717, 1.165) is 12.7 Å². The lowest BCUT2D eigenvalue weighted by molar-refractivity contribution is -0.137. The Morgan fingerprint density at radius 1 is 1.35 bits per heavy atom. The van der Waals surface area contributed by atoms with Gasteiger partial charge in [0, 0.05) is 13.3 Å². The Labute approximate surface area is 103 Å². The fourth-order valence-corrected chi connectivity index (χ4v) is 1.92. The highest BCUT2D eigenvalue weighted by atomic mass is 16.5. The van der Waals surface area contributed by atoms with E-state index in [1.54, 1.807) is 0 Å². The van der Waals surface area contributed by atoms with Crippen LogP contribution in [0.2, 0.25) is 0 Å². The molecule has 0 amide bonds. The highest BCUT2D eigenvalue weighted by molar-refractivity contribution is 5.66. The summed E-state index contributed by atoms with van der Waals surface area (Å²) < 4.78 is 4.17. The van der Waals surface area contributed by atoms with Crippen molar-refractivity contribution in [3.05, 3.63) is 12.8 Å². The first-order valence-corrected chi connectivity index (χ1v) is 6.06. The predicted octanol–water partition coefficient (Wildman–Crippen LogP) is 3.12. The van der Waals surface area contributed by atoms with Gasteiger partial charge < -0.3 is 9.84 Å². The van der Waals surface area contributed by atoms with Crippen LogP contribution >= 0.6 is 0 Å². The molecule has 4 heteroatoms. The van der Waals surface area contributed by atoms with Crippen LogP contribution in [0.25, 0.3) is 0 Å². The molecule has 0 heterocycles. The molecule has 0 aliphatic heterocycles. The third kappa shape index (κ3) is 11.0. The van der Waals surface area contributed by atoms with Gasteiger partial charge in [-0.05, 0) is 12.3 Å². The van der Waals surface area contributed by atoms with Crippen molar-refractivity contribution in [3.63, 3.8) is 0 Å². The SMILES string of the molecule is C=COC(C)=O.O=C(O)CCC1CCCCC1. The fraction of sp³-hybridized carbons (Fsp3) is 0.692. The molecule has 0 spiro atoms. The monoisotopic (exact) mass is 242 g/mol. The smallest absolute Gasteiger partial charge is 0.307 e. The molecule has 17 heavy (non-hydrogen) atoms. The minimum atomic E-state index is -0.643. The van der Waals surface area contributed by atoms with Gasteiger partial charge in [0.05, 0.1) is 6.26 Å². The molecular formula is C13H22O4. The number of ether oxygens (including phenoxy) is 1. The maximum atomic E-state index is 10.2. The van der Waals surface area contributed by atoms with Crippen LogP contribution in [0.15, 0.2) is 12.8 Å². The van der Waals surface area contributed by atoms with Gasteiger partial charge in [-0.15, -0.1) is 0 Å². The van der Waals surface area contributed by atoms with Crippen LogP contribution in [-0.4, -0.2) is 17.0 Å². The van der Waals surface area contributed by atoms with E-state index in [1.165, 1.54) is 39.0 Å². The van der Waals surface area contributed by atoms with Crippen molar-refractivity contribution in [1.29, 1.82) is 0 Å². The van der Waals surface area contributed by atoms with Gasteiger partial charge in [0.25, 0.3) is 0 Å². The Kier molecular flexibility index (Phi) is 9.11. The van der Waals surface area contributed by atoms with Gasteiger partial charge in [0.1, 0.15) is 0 Å². The zero-order valence-corrected chi connectivity index (χ0v) is 10.5. The van der Waals surface area contributed by atoms with Gasteiger partial charge in [-0.3, -0.25) is 9.59 Å². The first kappa shape index (κ1) is 15.7. The molecule has 0 aromatic carbocycles. The van der Waals surface area contributed by atoms with Crippen molar-refractivity contribution in [3.8, 4) is 0 Å². The van der Waals surface area contributed by atoms with E-state index in [2.05, 4.69) is 11.3 Å². The van der Waals surface area contributed by atoms with E-state index in [0.29, 0.717) is 12.3 Å². The van der Waals surface area contributed by atoms with E-state index >= 15 is 0 Å². The maximum Gasteiger partial charge on any atom is 0.307 e. The summed E-state index contributed by atoms with van der Waals surface area (Å²) in [5, 5.41) is 8.44. The zero-order valence-electron chi connectivity index (χ0n) is 10.5. The second kappa shape index (κ2) is 9.87. The quantitative estimate of drug-likeness (QED) is 0.607. The maximum absolute atomic E-state index is 10.2. The lowest BCUT2D eigenvalue weighted by atomic mass is 9.86. The van der Waals surface area contributed by atoms with Gasteiger partial charge in [-0.1, -0.05) is 38.7 Å². The van der Waals surface area contributed by atoms with E-state index in [4.69, 9.17) is 5.11 Å². The molecule has 1 saturated carbocycles. The predicted molar refractivity (Wildman–Crippen MR) is 65.4 cm³/mol. The van der Waals surface area contributed by atoms with E-state index in [-0.39, 0.29) is 5.97 Å². The Balaban J connectivity index is 0.000000366. The van der Waals surface area contributed by atoms with Crippen molar-refractivity contribution in [2.45, 2.75) is 51.9 Å². The molecule has 1 aliphatic carbocycles. The number of rotatable bonds is 4. The van der Waals surface area contributed by atoms with Crippen LogP contribution < -0.4 is 0 Å². The van der Waals surface area contributed by atoms with E-state index < -0.39 is 5.97 Å². The molecule has 0 aromatic heterocycles.